The SMILES string of the molecule is CC[C@H](C)N[C@H]1CCc2ccccc2C1. The summed E-state index contributed by atoms with van der Waals surface area (Å²) in [4.78, 5) is 0. The van der Waals surface area contributed by atoms with Crippen molar-refractivity contribution < 1.29 is 0 Å². The zero-order chi connectivity index (χ0) is 10.7. The topological polar surface area (TPSA) is 12.0 Å². The Morgan fingerprint density at radius 3 is 2.80 bits per heavy atom. The molecule has 0 saturated heterocycles. The molecule has 1 nitrogen and oxygen atoms in total. The van der Waals surface area contributed by atoms with E-state index in [0.29, 0.717) is 12.1 Å². The molecule has 82 valence electrons. The molecule has 1 aromatic carbocycles. The van der Waals surface area contributed by atoms with Gasteiger partial charge < -0.3 is 5.32 Å². The van der Waals surface area contributed by atoms with Crippen molar-refractivity contribution in [2.45, 2.75) is 51.6 Å². The largest absolute Gasteiger partial charge is 0.311 e. The van der Waals surface area contributed by atoms with Crippen LogP contribution in [0.2, 0.25) is 0 Å². The van der Waals surface area contributed by atoms with Crippen LogP contribution in [0.15, 0.2) is 24.3 Å². The Kier molecular flexibility index (Phi) is 3.42. The molecule has 0 saturated carbocycles. The van der Waals surface area contributed by atoms with E-state index in [2.05, 4.69) is 43.4 Å². The van der Waals surface area contributed by atoms with Gasteiger partial charge in [0.05, 0.1) is 0 Å². The Hall–Kier alpha value is -0.820. The highest BCUT2D eigenvalue weighted by atomic mass is 14.9. The van der Waals surface area contributed by atoms with E-state index in [4.69, 9.17) is 0 Å². The van der Waals surface area contributed by atoms with E-state index in [-0.39, 0.29) is 0 Å². The Morgan fingerprint density at radius 2 is 2.07 bits per heavy atom. The minimum absolute atomic E-state index is 0.653. The van der Waals surface area contributed by atoms with E-state index in [9.17, 15) is 0 Å². The van der Waals surface area contributed by atoms with Crippen LogP contribution in [0.4, 0.5) is 0 Å². The molecule has 1 N–H and O–H groups in total. The average Bonchev–Trinajstić information content (AvgIpc) is 2.29. The molecular weight excluding hydrogens is 182 g/mol. The molecule has 0 spiro atoms. The molecule has 0 unspecified atom stereocenters. The first-order valence-corrected chi connectivity index (χ1v) is 6.12. The summed E-state index contributed by atoms with van der Waals surface area (Å²) in [5.74, 6) is 0. The van der Waals surface area contributed by atoms with Crippen LogP contribution in [0.5, 0.6) is 0 Å². The van der Waals surface area contributed by atoms with E-state index in [0.717, 1.165) is 0 Å². The number of aryl methyl sites for hydroxylation is 1. The molecule has 0 bridgehead atoms. The highest BCUT2D eigenvalue weighted by Gasteiger charge is 2.18. The number of benzene rings is 1. The highest BCUT2D eigenvalue weighted by molar-refractivity contribution is 5.30. The molecule has 2 atom stereocenters. The fourth-order valence-electron chi connectivity index (χ4n) is 2.36. The van der Waals surface area contributed by atoms with Crippen LogP contribution < -0.4 is 5.32 Å². The second kappa shape index (κ2) is 4.80. The summed E-state index contributed by atoms with van der Waals surface area (Å²) >= 11 is 0. The molecule has 1 aromatic rings. The molecule has 0 aliphatic heterocycles. The summed E-state index contributed by atoms with van der Waals surface area (Å²) in [7, 11) is 0. The van der Waals surface area contributed by atoms with Crippen molar-refractivity contribution >= 4 is 0 Å². The number of nitrogens with one attached hydrogen (secondary N) is 1. The van der Waals surface area contributed by atoms with E-state index in [1.54, 1.807) is 11.1 Å². The third kappa shape index (κ3) is 2.60. The average molecular weight is 203 g/mol. The first kappa shape index (κ1) is 10.7. The van der Waals surface area contributed by atoms with Crippen LogP contribution in [0.3, 0.4) is 0 Å². The van der Waals surface area contributed by atoms with Crippen molar-refractivity contribution in [2.24, 2.45) is 0 Å². The minimum atomic E-state index is 0.653. The monoisotopic (exact) mass is 203 g/mol. The van der Waals surface area contributed by atoms with Gasteiger partial charge in [0.2, 0.25) is 0 Å². The predicted molar refractivity (Wildman–Crippen MR) is 65.1 cm³/mol. The fourth-order valence-corrected chi connectivity index (χ4v) is 2.36. The van der Waals surface area contributed by atoms with Crippen LogP contribution in [-0.2, 0) is 12.8 Å². The maximum atomic E-state index is 3.71. The van der Waals surface area contributed by atoms with E-state index < -0.39 is 0 Å². The van der Waals surface area contributed by atoms with E-state index in [1.165, 1.54) is 25.7 Å². The fraction of sp³-hybridized carbons (Fsp3) is 0.571. The number of hydrogen-bond acceptors (Lipinski definition) is 1. The summed E-state index contributed by atoms with van der Waals surface area (Å²) in [6, 6.07) is 10.2. The normalized spacial score (nSPS) is 22.1. The van der Waals surface area contributed by atoms with Crippen molar-refractivity contribution in [1.82, 2.24) is 5.32 Å². The Morgan fingerprint density at radius 1 is 1.33 bits per heavy atom. The maximum Gasteiger partial charge on any atom is 0.0113 e. The van der Waals surface area contributed by atoms with Gasteiger partial charge in [0.25, 0.3) is 0 Å². The van der Waals surface area contributed by atoms with Crippen LogP contribution in [0.1, 0.15) is 37.8 Å². The number of hydrogen-bond donors (Lipinski definition) is 1. The van der Waals surface area contributed by atoms with Gasteiger partial charge in [-0.25, -0.2) is 0 Å². The summed E-state index contributed by atoms with van der Waals surface area (Å²) in [5.41, 5.74) is 3.10. The second-order valence-corrected chi connectivity index (χ2v) is 4.68. The Bertz CT molecular complexity index is 319. The molecule has 2 rings (SSSR count). The Labute approximate surface area is 92.9 Å². The maximum absolute atomic E-state index is 3.71. The van der Waals surface area contributed by atoms with Gasteiger partial charge in [0.15, 0.2) is 0 Å². The van der Waals surface area contributed by atoms with Gasteiger partial charge in [-0.15, -0.1) is 0 Å². The lowest BCUT2D eigenvalue weighted by atomic mass is 9.88. The van der Waals surface area contributed by atoms with Crippen molar-refractivity contribution in [1.29, 1.82) is 0 Å². The molecule has 1 aliphatic rings. The summed E-state index contributed by atoms with van der Waals surface area (Å²) in [5, 5.41) is 3.71. The predicted octanol–water partition coefficient (Wildman–Crippen LogP) is 2.93. The third-order valence-corrected chi connectivity index (χ3v) is 3.48. The second-order valence-electron chi connectivity index (χ2n) is 4.68. The van der Waals surface area contributed by atoms with Crippen LogP contribution in [0, 0.1) is 0 Å². The molecule has 1 heteroatoms. The number of rotatable bonds is 3. The van der Waals surface area contributed by atoms with Gasteiger partial charge in [-0.05, 0) is 43.7 Å². The van der Waals surface area contributed by atoms with Crippen LogP contribution in [0.25, 0.3) is 0 Å². The zero-order valence-electron chi connectivity index (χ0n) is 9.79. The summed E-state index contributed by atoms with van der Waals surface area (Å²) in [6.45, 7) is 4.52. The molecule has 0 amide bonds. The smallest absolute Gasteiger partial charge is 0.0113 e. The quantitative estimate of drug-likeness (QED) is 0.796. The van der Waals surface area contributed by atoms with Gasteiger partial charge in [0.1, 0.15) is 0 Å². The summed E-state index contributed by atoms with van der Waals surface area (Å²) < 4.78 is 0. The van der Waals surface area contributed by atoms with Crippen molar-refractivity contribution in [3.8, 4) is 0 Å². The number of fused-ring (bicyclic) bond motifs is 1. The molecule has 0 radical (unpaired) electrons. The van der Waals surface area contributed by atoms with Crippen molar-refractivity contribution in [2.75, 3.05) is 0 Å². The standard InChI is InChI=1S/C14H21N/c1-3-11(2)15-14-9-8-12-6-4-5-7-13(12)10-14/h4-7,11,14-15H,3,8-10H2,1-2H3/t11-,14-/m0/s1. The summed E-state index contributed by atoms with van der Waals surface area (Å²) in [6.07, 6.45) is 4.96. The Balaban J connectivity index is 1.99. The molecule has 0 fully saturated rings. The van der Waals surface area contributed by atoms with Gasteiger partial charge in [-0.3, -0.25) is 0 Å². The minimum Gasteiger partial charge on any atom is -0.311 e. The first-order valence-electron chi connectivity index (χ1n) is 6.12. The molecule has 0 aromatic heterocycles. The van der Waals surface area contributed by atoms with Crippen molar-refractivity contribution in [3.63, 3.8) is 0 Å². The van der Waals surface area contributed by atoms with E-state index >= 15 is 0 Å². The van der Waals surface area contributed by atoms with Gasteiger partial charge in [-0.1, -0.05) is 31.2 Å². The van der Waals surface area contributed by atoms with Gasteiger partial charge >= 0.3 is 0 Å². The molecule has 0 heterocycles. The lowest BCUT2D eigenvalue weighted by Gasteiger charge is -2.28. The molecule has 15 heavy (non-hydrogen) atoms. The zero-order valence-corrected chi connectivity index (χ0v) is 9.79. The molecule has 1 aliphatic carbocycles. The van der Waals surface area contributed by atoms with Crippen LogP contribution in [-0.4, -0.2) is 12.1 Å². The molecular formula is C14H21N. The third-order valence-electron chi connectivity index (χ3n) is 3.48. The highest BCUT2D eigenvalue weighted by Crippen LogP contribution is 2.21. The lowest BCUT2D eigenvalue weighted by Crippen LogP contribution is -2.39. The van der Waals surface area contributed by atoms with Gasteiger partial charge in [0, 0.05) is 12.1 Å². The van der Waals surface area contributed by atoms with Gasteiger partial charge in [-0.2, -0.15) is 0 Å². The first-order chi connectivity index (χ1) is 7.29. The van der Waals surface area contributed by atoms with Crippen LogP contribution >= 0.6 is 0 Å². The lowest BCUT2D eigenvalue weighted by molar-refractivity contribution is 0.401. The van der Waals surface area contributed by atoms with Crippen molar-refractivity contribution in [3.05, 3.63) is 35.4 Å². The van der Waals surface area contributed by atoms with E-state index in [1.807, 2.05) is 0 Å².